The summed E-state index contributed by atoms with van der Waals surface area (Å²) in [5.74, 6) is -0.0536. The number of ether oxygens (including phenoxy) is 2. The van der Waals surface area contributed by atoms with Gasteiger partial charge in [0.15, 0.2) is 5.79 Å². The SMILES string of the molecule is Cc1ccc(S(=O)(=O)N/N=C2/C[C@@H]3CC4(C[C@@H]3[C@H]2Cl)OCC(C)(C)CO4)cc1. The molecule has 1 aromatic carbocycles. The monoisotopic (exact) mass is 426 g/mol. The summed E-state index contributed by atoms with van der Waals surface area (Å²) in [6.45, 7) is 7.52. The van der Waals surface area contributed by atoms with E-state index >= 15 is 0 Å². The molecule has 0 radical (unpaired) electrons. The van der Waals surface area contributed by atoms with E-state index in [9.17, 15) is 8.42 Å². The first-order valence-corrected chi connectivity index (χ1v) is 11.6. The Labute approximate surface area is 171 Å². The number of sulfonamides is 1. The van der Waals surface area contributed by atoms with Gasteiger partial charge in [0, 0.05) is 18.3 Å². The van der Waals surface area contributed by atoms with Gasteiger partial charge in [0.05, 0.1) is 29.2 Å². The summed E-state index contributed by atoms with van der Waals surface area (Å²) in [5.41, 5.74) is 1.72. The smallest absolute Gasteiger partial charge is 0.276 e. The summed E-state index contributed by atoms with van der Waals surface area (Å²) in [5, 5.41) is 3.87. The number of aryl methyl sites for hydroxylation is 1. The zero-order chi connectivity index (χ0) is 20.2. The van der Waals surface area contributed by atoms with Crippen molar-refractivity contribution in [3.8, 4) is 0 Å². The van der Waals surface area contributed by atoms with Crippen LogP contribution in [0.3, 0.4) is 0 Å². The summed E-state index contributed by atoms with van der Waals surface area (Å²) < 4.78 is 37.1. The van der Waals surface area contributed by atoms with E-state index in [1.54, 1.807) is 24.3 Å². The minimum Gasteiger partial charge on any atom is -0.349 e. The molecular formula is C20H27ClN2O4S. The van der Waals surface area contributed by atoms with Crippen LogP contribution in [-0.2, 0) is 19.5 Å². The summed E-state index contributed by atoms with van der Waals surface area (Å²) in [6, 6.07) is 6.67. The molecule has 28 heavy (non-hydrogen) atoms. The molecule has 0 unspecified atom stereocenters. The highest BCUT2D eigenvalue weighted by Gasteiger charge is 2.56. The van der Waals surface area contributed by atoms with E-state index in [4.69, 9.17) is 21.1 Å². The van der Waals surface area contributed by atoms with Gasteiger partial charge in [0.2, 0.25) is 0 Å². The highest BCUT2D eigenvalue weighted by Crippen LogP contribution is 2.53. The van der Waals surface area contributed by atoms with Crippen molar-refractivity contribution in [1.29, 1.82) is 0 Å². The predicted molar refractivity (Wildman–Crippen MR) is 108 cm³/mol. The maximum absolute atomic E-state index is 12.5. The quantitative estimate of drug-likeness (QED) is 0.593. The molecule has 0 aromatic heterocycles. The molecule has 1 aromatic rings. The zero-order valence-corrected chi connectivity index (χ0v) is 18.0. The van der Waals surface area contributed by atoms with Crippen molar-refractivity contribution < 1.29 is 17.9 Å². The fourth-order valence-corrected chi connectivity index (χ4v) is 5.59. The van der Waals surface area contributed by atoms with E-state index in [0.29, 0.717) is 31.3 Å². The third kappa shape index (κ3) is 3.82. The molecule has 4 rings (SSSR count). The number of hydrazone groups is 1. The third-order valence-electron chi connectivity index (χ3n) is 5.98. The second kappa shape index (κ2) is 6.97. The van der Waals surface area contributed by atoms with Crippen LogP contribution in [0.4, 0.5) is 0 Å². The number of nitrogens with zero attached hydrogens (tertiary/aromatic N) is 1. The van der Waals surface area contributed by atoms with Crippen LogP contribution < -0.4 is 4.83 Å². The van der Waals surface area contributed by atoms with Crippen LogP contribution in [0.25, 0.3) is 0 Å². The fourth-order valence-electron chi connectivity index (χ4n) is 4.32. The van der Waals surface area contributed by atoms with Crippen LogP contribution >= 0.6 is 11.6 Å². The van der Waals surface area contributed by atoms with E-state index in [-0.39, 0.29) is 21.6 Å². The van der Waals surface area contributed by atoms with Gasteiger partial charge < -0.3 is 9.47 Å². The van der Waals surface area contributed by atoms with Crippen molar-refractivity contribution in [3.05, 3.63) is 29.8 Å². The number of rotatable bonds is 3. The standard InChI is InChI=1S/C20H27ClN2O4S/c1-13-4-6-15(7-5-13)28(24,25)23-22-17-8-14-9-20(10-16(14)18(17)21)26-11-19(2,3)12-27-20/h4-7,14,16,18,23H,8-12H2,1-3H3/b22-17-/t14-,16+,18-/m1/s1. The second-order valence-corrected chi connectivity index (χ2v) is 11.2. The molecule has 0 bridgehead atoms. The highest BCUT2D eigenvalue weighted by atomic mass is 35.5. The van der Waals surface area contributed by atoms with Crippen LogP contribution in [0.1, 0.15) is 38.7 Å². The number of nitrogens with one attached hydrogen (secondary N) is 1. The van der Waals surface area contributed by atoms with Crippen LogP contribution in [0.2, 0.25) is 0 Å². The van der Waals surface area contributed by atoms with Gasteiger partial charge >= 0.3 is 0 Å². The van der Waals surface area contributed by atoms with E-state index in [0.717, 1.165) is 18.4 Å². The maximum atomic E-state index is 12.5. The van der Waals surface area contributed by atoms with Crippen molar-refractivity contribution in [3.63, 3.8) is 0 Å². The molecule has 1 heterocycles. The Morgan fingerprint density at radius 3 is 2.39 bits per heavy atom. The molecule has 1 saturated heterocycles. The Hall–Kier alpha value is -1.15. The van der Waals surface area contributed by atoms with Gasteiger partial charge in [-0.1, -0.05) is 31.5 Å². The molecule has 3 fully saturated rings. The van der Waals surface area contributed by atoms with Crippen molar-refractivity contribution >= 4 is 27.3 Å². The van der Waals surface area contributed by atoms with Crippen molar-refractivity contribution in [2.75, 3.05) is 13.2 Å². The lowest BCUT2D eigenvalue weighted by atomic mass is 9.94. The Kier molecular flexibility index (Phi) is 5.01. The van der Waals surface area contributed by atoms with Crippen LogP contribution in [0.15, 0.2) is 34.3 Å². The number of benzene rings is 1. The first kappa shape index (κ1) is 20.1. The van der Waals surface area contributed by atoms with Crippen molar-refractivity contribution in [1.82, 2.24) is 4.83 Å². The van der Waals surface area contributed by atoms with E-state index in [2.05, 4.69) is 23.8 Å². The van der Waals surface area contributed by atoms with Gasteiger partial charge in [-0.25, -0.2) is 4.83 Å². The number of hydrogen-bond donors (Lipinski definition) is 1. The third-order valence-corrected chi connectivity index (χ3v) is 7.78. The summed E-state index contributed by atoms with van der Waals surface area (Å²) in [6.07, 6.45) is 2.17. The summed E-state index contributed by atoms with van der Waals surface area (Å²) in [4.78, 5) is 2.54. The first-order valence-electron chi connectivity index (χ1n) is 9.66. The van der Waals surface area contributed by atoms with Gasteiger partial charge in [-0.05, 0) is 37.3 Å². The minimum atomic E-state index is -3.70. The lowest BCUT2D eigenvalue weighted by molar-refractivity contribution is -0.297. The molecule has 0 amide bonds. The molecule has 3 atom stereocenters. The topological polar surface area (TPSA) is 77.0 Å². The Morgan fingerprint density at radius 2 is 1.79 bits per heavy atom. The first-order chi connectivity index (χ1) is 13.1. The number of hydrogen-bond acceptors (Lipinski definition) is 5. The molecule has 1 aliphatic heterocycles. The van der Waals surface area contributed by atoms with Gasteiger partial charge in [0.25, 0.3) is 10.0 Å². The maximum Gasteiger partial charge on any atom is 0.276 e. The normalized spacial score (nSPS) is 32.6. The zero-order valence-electron chi connectivity index (χ0n) is 16.4. The minimum absolute atomic E-state index is 0.0319. The molecule has 6 nitrogen and oxygen atoms in total. The Bertz CT molecular complexity index is 872. The Morgan fingerprint density at radius 1 is 1.14 bits per heavy atom. The predicted octanol–water partition coefficient (Wildman–Crippen LogP) is 3.44. The van der Waals surface area contributed by atoms with Gasteiger partial charge in [-0.15, -0.1) is 11.6 Å². The largest absolute Gasteiger partial charge is 0.349 e. The molecule has 2 saturated carbocycles. The fraction of sp³-hybridized carbons (Fsp3) is 0.650. The van der Waals surface area contributed by atoms with Crippen molar-refractivity contribution in [2.24, 2.45) is 22.4 Å². The average molecular weight is 427 g/mol. The van der Waals surface area contributed by atoms with Crippen LogP contribution in [-0.4, -0.2) is 38.5 Å². The second-order valence-electron chi connectivity index (χ2n) is 9.10. The van der Waals surface area contributed by atoms with Gasteiger partial charge in [-0.2, -0.15) is 13.5 Å². The van der Waals surface area contributed by atoms with Gasteiger partial charge in [0.1, 0.15) is 0 Å². The van der Waals surface area contributed by atoms with Gasteiger partial charge in [-0.3, -0.25) is 0 Å². The molecule has 1 N–H and O–H groups in total. The van der Waals surface area contributed by atoms with Crippen LogP contribution in [0.5, 0.6) is 0 Å². The number of alkyl halides is 1. The Balaban J connectivity index is 1.42. The van der Waals surface area contributed by atoms with Crippen molar-refractivity contribution in [2.45, 2.75) is 56.1 Å². The highest BCUT2D eigenvalue weighted by molar-refractivity contribution is 7.89. The van der Waals surface area contributed by atoms with E-state index < -0.39 is 15.8 Å². The lowest BCUT2D eigenvalue weighted by Gasteiger charge is -2.42. The van der Waals surface area contributed by atoms with E-state index in [1.165, 1.54) is 0 Å². The lowest BCUT2D eigenvalue weighted by Crippen LogP contribution is -2.46. The number of fused-ring (bicyclic) bond motifs is 1. The van der Waals surface area contributed by atoms with Crippen LogP contribution in [0, 0.1) is 24.2 Å². The average Bonchev–Trinajstić information content (AvgIpc) is 3.13. The summed E-state index contributed by atoms with van der Waals surface area (Å²) >= 11 is 6.66. The molecule has 1 spiro atoms. The molecule has 8 heteroatoms. The molecule has 154 valence electrons. The molecule has 2 aliphatic carbocycles. The van der Waals surface area contributed by atoms with E-state index in [1.807, 2.05) is 6.92 Å². The summed E-state index contributed by atoms with van der Waals surface area (Å²) in [7, 11) is -3.70. The number of halogens is 1. The molecular weight excluding hydrogens is 400 g/mol. The molecule has 3 aliphatic rings.